The van der Waals surface area contributed by atoms with E-state index in [1.807, 2.05) is 24.3 Å². The Labute approximate surface area is 144 Å². The fraction of sp³-hybridized carbons (Fsp3) is 0.632. The molecule has 0 aromatic heterocycles. The van der Waals surface area contributed by atoms with Crippen molar-refractivity contribution in [2.75, 3.05) is 6.61 Å². The molecular weight excluding hydrogens is 306 g/mol. The van der Waals surface area contributed by atoms with Crippen LogP contribution in [0.4, 0.5) is 0 Å². The van der Waals surface area contributed by atoms with E-state index in [4.69, 9.17) is 4.74 Å². The highest BCUT2D eigenvalue weighted by atomic mass is 16.5. The van der Waals surface area contributed by atoms with Gasteiger partial charge in [-0.15, -0.1) is 0 Å². The lowest BCUT2D eigenvalue weighted by atomic mass is 9.86. The minimum atomic E-state index is -0.918. The summed E-state index contributed by atoms with van der Waals surface area (Å²) in [5.74, 6) is 0.415. The summed E-state index contributed by atoms with van der Waals surface area (Å²) in [6.07, 6.45) is 1.29. The van der Waals surface area contributed by atoms with E-state index in [1.54, 1.807) is 0 Å². The Morgan fingerprint density at radius 1 is 1.21 bits per heavy atom. The van der Waals surface area contributed by atoms with Crippen LogP contribution in [0.25, 0.3) is 0 Å². The number of nitrogens with one attached hydrogen (secondary N) is 1. The van der Waals surface area contributed by atoms with E-state index >= 15 is 0 Å². The molecule has 0 unspecified atom stereocenters. The predicted octanol–water partition coefficient (Wildman–Crippen LogP) is 2.14. The molecule has 1 aromatic rings. The van der Waals surface area contributed by atoms with E-state index in [9.17, 15) is 15.0 Å². The van der Waals surface area contributed by atoms with Gasteiger partial charge in [-0.1, -0.05) is 51.8 Å². The van der Waals surface area contributed by atoms with Crippen molar-refractivity contribution in [1.82, 2.24) is 5.32 Å². The average molecular weight is 335 g/mol. The smallest absolute Gasteiger partial charge is 0.258 e. The van der Waals surface area contributed by atoms with Gasteiger partial charge in [0.25, 0.3) is 5.91 Å². The Balaban J connectivity index is 1.94. The van der Waals surface area contributed by atoms with Crippen molar-refractivity contribution in [2.45, 2.75) is 70.1 Å². The predicted molar refractivity (Wildman–Crippen MR) is 93.0 cm³/mol. The number of aliphatic hydroxyl groups is 2. The molecule has 0 bridgehead atoms. The maximum atomic E-state index is 12.2. The maximum absolute atomic E-state index is 12.2. The fourth-order valence-electron chi connectivity index (χ4n) is 3.09. The molecule has 3 N–H and O–H groups in total. The van der Waals surface area contributed by atoms with Gasteiger partial charge >= 0.3 is 0 Å². The van der Waals surface area contributed by atoms with Crippen LogP contribution in [-0.4, -0.2) is 41.0 Å². The summed E-state index contributed by atoms with van der Waals surface area (Å²) in [5.41, 5.74) is 0.969. The first-order chi connectivity index (χ1) is 11.3. The van der Waals surface area contributed by atoms with Gasteiger partial charge in [0.05, 0.1) is 18.2 Å². The summed E-state index contributed by atoms with van der Waals surface area (Å²) in [4.78, 5) is 12.2. The minimum absolute atomic E-state index is 0.0747. The van der Waals surface area contributed by atoms with E-state index in [2.05, 4.69) is 26.1 Å². The molecule has 5 heteroatoms. The summed E-state index contributed by atoms with van der Waals surface area (Å²) in [7, 11) is 0. The van der Waals surface area contributed by atoms with E-state index in [0.29, 0.717) is 18.6 Å². The first-order valence-electron chi connectivity index (χ1n) is 8.67. The number of amides is 1. The Morgan fingerprint density at radius 2 is 1.88 bits per heavy atom. The first-order valence-corrected chi connectivity index (χ1v) is 8.67. The molecule has 2 rings (SSSR count). The van der Waals surface area contributed by atoms with Crippen LogP contribution in [0.5, 0.6) is 5.75 Å². The molecule has 0 heterocycles. The quantitative estimate of drug-likeness (QED) is 0.737. The zero-order chi connectivity index (χ0) is 17.7. The molecule has 3 atom stereocenters. The van der Waals surface area contributed by atoms with Gasteiger partial charge in [0, 0.05) is 0 Å². The molecule has 1 amide bonds. The van der Waals surface area contributed by atoms with Crippen LogP contribution in [0, 0.1) is 0 Å². The Morgan fingerprint density at radius 3 is 2.58 bits per heavy atom. The molecule has 0 radical (unpaired) electrons. The minimum Gasteiger partial charge on any atom is -0.483 e. The van der Waals surface area contributed by atoms with Gasteiger partial charge in [-0.05, 0) is 29.9 Å². The van der Waals surface area contributed by atoms with Gasteiger partial charge in [0.15, 0.2) is 6.61 Å². The summed E-state index contributed by atoms with van der Waals surface area (Å²) in [6, 6.07) is 7.28. The third kappa shape index (κ3) is 4.95. The topological polar surface area (TPSA) is 78.8 Å². The molecule has 0 spiro atoms. The van der Waals surface area contributed by atoms with Gasteiger partial charge in [0.2, 0.25) is 0 Å². The van der Waals surface area contributed by atoms with E-state index in [0.717, 1.165) is 18.4 Å². The monoisotopic (exact) mass is 335 g/mol. The van der Waals surface area contributed by atoms with E-state index in [1.165, 1.54) is 0 Å². The third-order valence-electron chi connectivity index (χ3n) is 4.47. The second-order valence-corrected chi connectivity index (χ2v) is 7.55. The highest BCUT2D eigenvalue weighted by Crippen LogP contribution is 2.30. The molecular formula is C19H29NO4. The van der Waals surface area contributed by atoms with E-state index < -0.39 is 18.2 Å². The number of benzene rings is 1. The zero-order valence-corrected chi connectivity index (χ0v) is 14.8. The van der Waals surface area contributed by atoms with Crippen LogP contribution in [-0.2, 0) is 10.2 Å². The summed E-state index contributed by atoms with van der Waals surface area (Å²) in [6.45, 7) is 6.18. The Hall–Kier alpha value is -1.59. The van der Waals surface area contributed by atoms with Crippen LogP contribution in [0.3, 0.4) is 0 Å². The van der Waals surface area contributed by atoms with Crippen molar-refractivity contribution < 1.29 is 19.7 Å². The van der Waals surface area contributed by atoms with Crippen LogP contribution < -0.4 is 10.1 Å². The molecule has 1 aliphatic carbocycles. The van der Waals surface area contributed by atoms with Crippen molar-refractivity contribution >= 4 is 5.91 Å². The standard InChI is InChI=1S/C19H29NO4/c1-19(2,3)13-8-4-7-11-16(13)24-12-17(22)20-14-9-5-6-10-15(21)18(14)23/h4,7-8,11,14-15,18,21,23H,5-6,9-10,12H2,1-3H3,(H,20,22)/t14-,15-,18-/m1/s1. The largest absolute Gasteiger partial charge is 0.483 e. The SMILES string of the molecule is CC(C)(C)c1ccccc1OCC(=O)N[C@@H]1CCCC[C@@H](O)[C@@H]1O. The van der Waals surface area contributed by atoms with E-state index in [-0.39, 0.29) is 17.9 Å². The number of carbonyl (C=O) groups excluding carboxylic acids is 1. The van der Waals surface area contributed by atoms with Crippen molar-refractivity contribution in [3.8, 4) is 5.75 Å². The second-order valence-electron chi connectivity index (χ2n) is 7.55. The lowest BCUT2D eigenvalue weighted by molar-refractivity contribution is -0.125. The molecule has 1 aromatic carbocycles. The number of ether oxygens (including phenoxy) is 1. The summed E-state index contributed by atoms with van der Waals surface area (Å²) >= 11 is 0. The lowest BCUT2D eigenvalue weighted by Crippen LogP contribution is -2.48. The first kappa shape index (κ1) is 18.7. The van der Waals surface area contributed by atoms with Crippen molar-refractivity contribution in [2.24, 2.45) is 0 Å². The number of hydrogen-bond acceptors (Lipinski definition) is 4. The molecule has 24 heavy (non-hydrogen) atoms. The summed E-state index contributed by atoms with van der Waals surface area (Å²) < 4.78 is 5.70. The molecule has 134 valence electrons. The Bertz CT molecular complexity index is 553. The molecule has 1 fully saturated rings. The van der Waals surface area contributed by atoms with Gasteiger partial charge in [-0.2, -0.15) is 0 Å². The zero-order valence-electron chi connectivity index (χ0n) is 14.8. The number of carbonyl (C=O) groups is 1. The van der Waals surface area contributed by atoms with Crippen molar-refractivity contribution in [1.29, 1.82) is 0 Å². The van der Waals surface area contributed by atoms with Gasteiger partial charge < -0.3 is 20.3 Å². The van der Waals surface area contributed by atoms with Gasteiger partial charge in [-0.3, -0.25) is 4.79 Å². The highest BCUT2D eigenvalue weighted by Gasteiger charge is 2.29. The van der Waals surface area contributed by atoms with Crippen LogP contribution >= 0.6 is 0 Å². The normalized spacial score (nSPS) is 25.0. The van der Waals surface area contributed by atoms with Crippen LogP contribution in [0.1, 0.15) is 52.0 Å². The van der Waals surface area contributed by atoms with Gasteiger partial charge in [-0.25, -0.2) is 0 Å². The molecule has 5 nitrogen and oxygen atoms in total. The second kappa shape index (κ2) is 7.99. The molecule has 1 saturated carbocycles. The van der Waals surface area contributed by atoms with Crippen LogP contribution in [0.2, 0.25) is 0 Å². The highest BCUT2D eigenvalue weighted by molar-refractivity contribution is 5.78. The molecule has 0 aliphatic heterocycles. The Kier molecular flexibility index (Phi) is 6.24. The van der Waals surface area contributed by atoms with Crippen molar-refractivity contribution in [3.05, 3.63) is 29.8 Å². The lowest BCUT2D eigenvalue weighted by Gasteiger charge is -2.25. The average Bonchev–Trinajstić information content (AvgIpc) is 2.68. The van der Waals surface area contributed by atoms with Crippen molar-refractivity contribution in [3.63, 3.8) is 0 Å². The number of para-hydroxylation sites is 1. The number of aliphatic hydroxyl groups excluding tert-OH is 2. The fourth-order valence-corrected chi connectivity index (χ4v) is 3.09. The number of rotatable bonds is 4. The van der Waals surface area contributed by atoms with Crippen LogP contribution in [0.15, 0.2) is 24.3 Å². The van der Waals surface area contributed by atoms with Gasteiger partial charge in [0.1, 0.15) is 5.75 Å². The summed E-state index contributed by atoms with van der Waals surface area (Å²) in [5, 5.41) is 22.7. The molecule has 1 aliphatic rings. The maximum Gasteiger partial charge on any atom is 0.258 e. The third-order valence-corrected chi connectivity index (χ3v) is 4.47. The number of hydrogen-bond donors (Lipinski definition) is 3. The molecule has 0 saturated heterocycles.